The number of carbonyl (C=O) groups excluding carboxylic acids is 3. The second-order valence-corrected chi connectivity index (χ2v) is 12.8. The average Bonchev–Trinajstić information content (AvgIpc) is 3.38. The largest absolute Gasteiger partial charge is 0.497 e. The van der Waals surface area contributed by atoms with Gasteiger partial charge in [0.05, 0.1) is 24.9 Å². The number of aliphatic carboxylic acids is 1. The number of aromatic nitrogens is 2. The lowest BCUT2D eigenvalue weighted by atomic mass is 10.1. The molecule has 0 unspecified atom stereocenters. The van der Waals surface area contributed by atoms with E-state index in [0.29, 0.717) is 33.8 Å². The SMILES string of the molecule is C=C[C@@H]1C[C@]1(NC(=O)[C@@H]1C[C@@H](Oc2cc(-c3csc(NC(C)C)n3)nc3cc(OC)ccc23)CN1C(=O)[C@@H]1CNC(=O)N1)C(=O)O. The second kappa shape index (κ2) is 12.1. The third kappa shape index (κ3) is 5.89. The quantitative estimate of drug-likeness (QED) is 0.193. The van der Waals surface area contributed by atoms with E-state index in [0.717, 1.165) is 5.13 Å². The molecule has 5 atom stereocenters. The molecule has 3 aliphatic rings. The van der Waals surface area contributed by atoms with Gasteiger partial charge in [0.25, 0.3) is 0 Å². The number of carbonyl (C=O) groups is 4. The van der Waals surface area contributed by atoms with Gasteiger partial charge in [-0.25, -0.2) is 19.6 Å². The van der Waals surface area contributed by atoms with E-state index in [9.17, 15) is 24.3 Å². The molecule has 2 saturated heterocycles. The van der Waals surface area contributed by atoms with Gasteiger partial charge >= 0.3 is 12.0 Å². The molecule has 3 fully saturated rings. The number of nitrogens with one attached hydrogen (secondary N) is 4. The van der Waals surface area contributed by atoms with Crippen LogP contribution in [0.1, 0.15) is 26.7 Å². The summed E-state index contributed by atoms with van der Waals surface area (Å²) in [7, 11) is 1.57. The highest BCUT2D eigenvalue weighted by atomic mass is 32.1. The number of carboxylic acid groups (broad SMARTS) is 1. The average molecular weight is 650 g/mol. The summed E-state index contributed by atoms with van der Waals surface area (Å²) in [4.78, 5) is 62.0. The topological polar surface area (TPSA) is 184 Å². The number of likely N-dealkylation sites (tertiary alicyclic amines) is 1. The fourth-order valence-corrected chi connectivity index (χ4v) is 6.77. The molecule has 46 heavy (non-hydrogen) atoms. The van der Waals surface area contributed by atoms with E-state index in [4.69, 9.17) is 14.5 Å². The van der Waals surface area contributed by atoms with Crippen molar-refractivity contribution in [1.82, 2.24) is 30.8 Å². The van der Waals surface area contributed by atoms with Crippen molar-refractivity contribution < 1.29 is 33.8 Å². The first-order chi connectivity index (χ1) is 22.0. The van der Waals surface area contributed by atoms with Crippen molar-refractivity contribution in [1.29, 1.82) is 0 Å². The van der Waals surface area contributed by atoms with Crippen LogP contribution in [-0.4, -0.2) is 93.8 Å². The number of methoxy groups -OCH3 is 1. The molecule has 1 aromatic carbocycles. The summed E-state index contributed by atoms with van der Waals surface area (Å²) in [6, 6.07) is 4.99. The molecule has 3 aromatic rings. The van der Waals surface area contributed by atoms with E-state index in [1.165, 1.54) is 22.3 Å². The van der Waals surface area contributed by atoms with Crippen LogP contribution in [0.5, 0.6) is 11.5 Å². The lowest BCUT2D eigenvalue weighted by Crippen LogP contribution is -2.55. The summed E-state index contributed by atoms with van der Waals surface area (Å²) < 4.78 is 12.0. The predicted molar refractivity (Wildman–Crippen MR) is 170 cm³/mol. The zero-order chi connectivity index (χ0) is 32.7. The Hall–Kier alpha value is -4.92. The predicted octanol–water partition coefficient (Wildman–Crippen LogP) is 2.36. The molecule has 0 bridgehead atoms. The van der Waals surface area contributed by atoms with Gasteiger partial charge in [0, 0.05) is 47.8 Å². The van der Waals surface area contributed by atoms with Crippen LogP contribution in [0.3, 0.4) is 0 Å². The fourth-order valence-electron chi connectivity index (χ4n) is 5.91. The molecule has 0 spiro atoms. The molecule has 2 aromatic heterocycles. The van der Waals surface area contributed by atoms with Crippen LogP contribution in [0.15, 0.2) is 42.3 Å². The van der Waals surface area contributed by atoms with Gasteiger partial charge in [0.2, 0.25) is 11.8 Å². The van der Waals surface area contributed by atoms with Crippen LogP contribution < -0.4 is 30.7 Å². The number of anilines is 1. The molecule has 6 rings (SSSR count). The Labute approximate surface area is 268 Å². The number of nitrogens with zero attached hydrogens (tertiary/aromatic N) is 3. The van der Waals surface area contributed by atoms with Crippen molar-refractivity contribution in [3.05, 3.63) is 42.3 Å². The lowest BCUT2D eigenvalue weighted by molar-refractivity contribution is -0.145. The van der Waals surface area contributed by atoms with Crippen LogP contribution in [0.25, 0.3) is 22.3 Å². The van der Waals surface area contributed by atoms with E-state index in [1.54, 1.807) is 25.3 Å². The van der Waals surface area contributed by atoms with Crippen molar-refractivity contribution in [2.24, 2.45) is 5.92 Å². The first-order valence-electron chi connectivity index (χ1n) is 14.9. The normalized spacial score (nSPS) is 25.1. The Morgan fingerprint density at radius 2 is 2.04 bits per heavy atom. The Kier molecular flexibility index (Phi) is 8.19. The van der Waals surface area contributed by atoms with Gasteiger partial charge in [-0.1, -0.05) is 6.08 Å². The summed E-state index contributed by atoms with van der Waals surface area (Å²) >= 11 is 1.46. The van der Waals surface area contributed by atoms with Crippen molar-refractivity contribution in [2.45, 2.75) is 56.5 Å². The number of amides is 4. The molecular weight excluding hydrogens is 614 g/mol. The second-order valence-electron chi connectivity index (χ2n) is 11.9. The monoisotopic (exact) mass is 649 g/mol. The lowest BCUT2D eigenvalue weighted by Gasteiger charge is -2.27. The molecule has 4 heterocycles. The van der Waals surface area contributed by atoms with Gasteiger partial charge in [-0.2, -0.15) is 0 Å². The third-order valence-corrected chi connectivity index (χ3v) is 9.17. The fraction of sp³-hybridized carbons (Fsp3) is 0.419. The molecule has 242 valence electrons. The summed E-state index contributed by atoms with van der Waals surface area (Å²) in [5.41, 5.74) is 0.344. The smallest absolute Gasteiger partial charge is 0.330 e. The first-order valence-corrected chi connectivity index (χ1v) is 15.8. The Bertz CT molecular complexity index is 1730. The minimum absolute atomic E-state index is 0.0305. The minimum atomic E-state index is -1.47. The molecule has 15 heteroatoms. The van der Waals surface area contributed by atoms with Crippen LogP contribution >= 0.6 is 11.3 Å². The van der Waals surface area contributed by atoms with E-state index in [2.05, 4.69) is 32.8 Å². The molecule has 1 aliphatic carbocycles. The van der Waals surface area contributed by atoms with Crippen molar-refractivity contribution in [2.75, 3.05) is 25.5 Å². The van der Waals surface area contributed by atoms with Gasteiger partial charge in [0.15, 0.2) is 5.13 Å². The standard InChI is InChI=1S/C31H35N7O7S/c1-5-16-11-31(16,28(41)42)37-26(39)24-9-18(13-38(24)27(40)22-12-32-29(43)35-22)45-25-10-21(23-14-46-30(36-23)33-15(2)3)34-20-8-17(44-4)6-7-19(20)25/h5-8,10,14-16,18,22,24H,1,9,11-13H2,2-4H3,(H,33,36)(H,37,39)(H,41,42)(H2,32,35,43)/t16-,18-,22+,24+,31-/m1/s1. The molecule has 0 radical (unpaired) electrons. The zero-order valence-corrected chi connectivity index (χ0v) is 26.3. The van der Waals surface area contributed by atoms with Crippen molar-refractivity contribution in [3.8, 4) is 22.9 Å². The highest BCUT2D eigenvalue weighted by Crippen LogP contribution is 2.45. The van der Waals surface area contributed by atoms with Crippen LogP contribution in [0, 0.1) is 5.92 Å². The number of hydrogen-bond acceptors (Lipinski definition) is 10. The number of rotatable bonds is 11. The van der Waals surface area contributed by atoms with Gasteiger partial charge < -0.3 is 40.7 Å². The molecular formula is C31H35N7O7S. The number of carboxylic acids is 1. The van der Waals surface area contributed by atoms with E-state index in [1.807, 2.05) is 25.3 Å². The Morgan fingerprint density at radius 1 is 1.24 bits per heavy atom. The molecule has 5 N–H and O–H groups in total. The maximum Gasteiger partial charge on any atom is 0.330 e. The van der Waals surface area contributed by atoms with E-state index >= 15 is 0 Å². The summed E-state index contributed by atoms with van der Waals surface area (Å²) in [5.74, 6) is -1.59. The van der Waals surface area contributed by atoms with Crippen LogP contribution in [-0.2, 0) is 14.4 Å². The van der Waals surface area contributed by atoms with E-state index in [-0.39, 0.29) is 32.0 Å². The third-order valence-electron chi connectivity index (χ3n) is 8.40. The van der Waals surface area contributed by atoms with Crippen LogP contribution in [0.2, 0.25) is 0 Å². The van der Waals surface area contributed by atoms with Crippen LogP contribution in [0.4, 0.5) is 9.93 Å². The number of benzene rings is 1. The molecule has 2 aliphatic heterocycles. The minimum Gasteiger partial charge on any atom is -0.497 e. The number of fused-ring (bicyclic) bond motifs is 1. The maximum atomic E-state index is 13.7. The van der Waals surface area contributed by atoms with Gasteiger partial charge in [-0.3, -0.25) is 9.59 Å². The van der Waals surface area contributed by atoms with Gasteiger partial charge in [-0.05, 0) is 32.4 Å². The molecule has 4 amide bonds. The van der Waals surface area contributed by atoms with Crippen molar-refractivity contribution in [3.63, 3.8) is 0 Å². The van der Waals surface area contributed by atoms with Gasteiger partial charge in [0.1, 0.15) is 40.9 Å². The van der Waals surface area contributed by atoms with E-state index < -0.39 is 53.5 Å². The maximum absolute atomic E-state index is 13.7. The Balaban J connectivity index is 1.31. The summed E-state index contributed by atoms with van der Waals surface area (Å²) in [6.07, 6.45) is 1.16. The first kappa shape index (κ1) is 31.1. The number of thiazole rings is 1. The number of pyridine rings is 1. The van der Waals surface area contributed by atoms with Gasteiger partial charge in [-0.15, -0.1) is 17.9 Å². The highest BCUT2D eigenvalue weighted by Gasteiger charge is 2.61. The molecule has 14 nitrogen and oxygen atoms in total. The highest BCUT2D eigenvalue weighted by molar-refractivity contribution is 7.14. The number of urea groups is 1. The zero-order valence-electron chi connectivity index (χ0n) is 25.5. The molecule has 1 saturated carbocycles. The summed E-state index contributed by atoms with van der Waals surface area (Å²) in [5, 5.41) is 24.3. The number of ether oxygens (including phenoxy) is 2. The summed E-state index contributed by atoms with van der Waals surface area (Å²) in [6.45, 7) is 7.82. The van der Waals surface area contributed by atoms with Crippen molar-refractivity contribution >= 4 is 51.2 Å². The number of hydrogen-bond donors (Lipinski definition) is 5. The Morgan fingerprint density at radius 3 is 2.70 bits per heavy atom.